The molecule has 112 valence electrons. The van der Waals surface area contributed by atoms with Crippen LogP contribution >= 0.6 is 35.0 Å². The van der Waals surface area contributed by atoms with Gasteiger partial charge in [-0.15, -0.1) is 5.10 Å². The van der Waals surface area contributed by atoms with Crippen molar-refractivity contribution in [2.75, 3.05) is 11.1 Å². The molecule has 0 aromatic carbocycles. The van der Waals surface area contributed by atoms with Gasteiger partial charge in [0.05, 0.1) is 21.8 Å². The molecule has 7 nitrogen and oxygen atoms in total. The van der Waals surface area contributed by atoms with E-state index in [9.17, 15) is 4.79 Å². The van der Waals surface area contributed by atoms with Crippen molar-refractivity contribution in [2.45, 2.75) is 25.0 Å². The van der Waals surface area contributed by atoms with Gasteiger partial charge in [-0.05, 0) is 30.3 Å². The first kappa shape index (κ1) is 16.0. The third-order valence-electron chi connectivity index (χ3n) is 2.35. The quantitative estimate of drug-likeness (QED) is 0.837. The van der Waals surface area contributed by atoms with Crippen molar-refractivity contribution < 1.29 is 4.79 Å². The van der Waals surface area contributed by atoms with E-state index >= 15 is 0 Å². The van der Waals surface area contributed by atoms with E-state index in [0.29, 0.717) is 10.2 Å². The number of nitrogens with zero attached hydrogens (tertiary/aromatic N) is 5. The molecule has 0 aliphatic heterocycles. The second-order valence-electron chi connectivity index (χ2n) is 4.32. The van der Waals surface area contributed by atoms with Crippen LogP contribution in [-0.4, -0.2) is 36.9 Å². The summed E-state index contributed by atoms with van der Waals surface area (Å²) in [6, 6.07) is 1.64. The predicted molar refractivity (Wildman–Crippen MR) is 81.8 cm³/mol. The summed E-state index contributed by atoms with van der Waals surface area (Å²) < 4.78 is 1.64. The van der Waals surface area contributed by atoms with Gasteiger partial charge in [0.15, 0.2) is 5.82 Å². The van der Waals surface area contributed by atoms with E-state index in [4.69, 9.17) is 23.2 Å². The number of anilines is 1. The molecule has 0 saturated heterocycles. The lowest BCUT2D eigenvalue weighted by atomic mass is 10.4. The Kier molecular flexibility index (Phi) is 5.38. The van der Waals surface area contributed by atoms with Crippen molar-refractivity contribution >= 4 is 46.7 Å². The average Bonchev–Trinajstić information content (AvgIpc) is 2.88. The van der Waals surface area contributed by atoms with Crippen molar-refractivity contribution in [1.82, 2.24) is 25.2 Å². The van der Waals surface area contributed by atoms with Gasteiger partial charge in [0.25, 0.3) is 0 Å². The lowest BCUT2D eigenvalue weighted by molar-refractivity contribution is -0.113. The van der Waals surface area contributed by atoms with Gasteiger partial charge in [-0.2, -0.15) is 0 Å². The molecule has 2 aromatic heterocycles. The molecule has 2 heterocycles. The molecule has 0 aliphatic carbocycles. The van der Waals surface area contributed by atoms with Crippen LogP contribution in [0.1, 0.15) is 19.9 Å². The third kappa shape index (κ3) is 4.29. The van der Waals surface area contributed by atoms with Crippen LogP contribution < -0.4 is 5.32 Å². The number of hydrogen-bond donors (Lipinski definition) is 1. The minimum atomic E-state index is -0.255. The van der Waals surface area contributed by atoms with Crippen LogP contribution in [0, 0.1) is 0 Å². The first-order chi connectivity index (χ1) is 9.97. The maximum Gasteiger partial charge on any atom is 0.236 e. The number of hydrogen-bond acceptors (Lipinski definition) is 6. The fraction of sp³-hybridized carbons (Fsp3) is 0.364. The summed E-state index contributed by atoms with van der Waals surface area (Å²) in [6.45, 7) is 3.91. The Bertz CT molecular complexity index is 647. The Labute approximate surface area is 135 Å². The zero-order valence-corrected chi connectivity index (χ0v) is 13.6. The number of nitrogens with one attached hydrogen (secondary N) is 1. The summed E-state index contributed by atoms with van der Waals surface area (Å²) in [5.74, 6) is 0.165. The number of pyridine rings is 1. The summed E-state index contributed by atoms with van der Waals surface area (Å²) in [7, 11) is 0. The molecule has 0 atom stereocenters. The standard InChI is InChI=1S/C11H12Cl2N6OS/c1-6(2)19-11(16-17-18-19)21-5-9(20)15-10-8(13)3-7(12)4-14-10/h3-4,6H,5H2,1-2H3,(H,14,15,20). The monoisotopic (exact) mass is 346 g/mol. The highest BCUT2D eigenvalue weighted by molar-refractivity contribution is 7.99. The van der Waals surface area contributed by atoms with Crippen molar-refractivity contribution in [1.29, 1.82) is 0 Å². The van der Waals surface area contributed by atoms with Crippen LogP contribution in [0.2, 0.25) is 10.0 Å². The molecule has 10 heteroatoms. The molecule has 1 N–H and O–H groups in total. The largest absolute Gasteiger partial charge is 0.309 e. The van der Waals surface area contributed by atoms with Gasteiger partial charge >= 0.3 is 0 Å². The number of carbonyl (C=O) groups is 1. The highest BCUT2D eigenvalue weighted by atomic mass is 35.5. The topological polar surface area (TPSA) is 85.6 Å². The van der Waals surface area contributed by atoms with E-state index in [-0.39, 0.29) is 28.5 Å². The minimum Gasteiger partial charge on any atom is -0.309 e. The van der Waals surface area contributed by atoms with E-state index in [0.717, 1.165) is 0 Å². The second-order valence-corrected chi connectivity index (χ2v) is 6.11. The van der Waals surface area contributed by atoms with Gasteiger partial charge in [0.1, 0.15) is 0 Å². The minimum absolute atomic E-state index is 0.123. The first-order valence-electron chi connectivity index (χ1n) is 5.99. The van der Waals surface area contributed by atoms with Crippen LogP contribution in [-0.2, 0) is 4.79 Å². The Morgan fingerprint density at radius 3 is 2.90 bits per heavy atom. The lowest BCUT2D eigenvalue weighted by Crippen LogP contribution is -2.16. The van der Waals surface area contributed by atoms with Crippen LogP contribution in [0.5, 0.6) is 0 Å². The highest BCUT2D eigenvalue weighted by Crippen LogP contribution is 2.23. The summed E-state index contributed by atoms with van der Waals surface area (Å²) in [4.78, 5) is 15.8. The molecule has 0 radical (unpaired) electrons. The zero-order chi connectivity index (χ0) is 15.4. The normalized spacial score (nSPS) is 10.9. The Morgan fingerprint density at radius 1 is 1.48 bits per heavy atom. The van der Waals surface area contributed by atoms with Gasteiger partial charge in [-0.1, -0.05) is 35.0 Å². The number of tetrazole rings is 1. The predicted octanol–water partition coefficient (Wildman–Crippen LogP) is 2.69. The Balaban J connectivity index is 1.94. The van der Waals surface area contributed by atoms with E-state index in [2.05, 4.69) is 25.8 Å². The summed E-state index contributed by atoms with van der Waals surface area (Å²) in [5.41, 5.74) is 0. The molecule has 0 aliphatic rings. The molecule has 21 heavy (non-hydrogen) atoms. The number of aromatic nitrogens is 5. The van der Waals surface area contributed by atoms with Gasteiger partial charge in [0, 0.05) is 6.20 Å². The van der Waals surface area contributed by atoms with Crippen molar-refractivity contribution in [3.05, 3.63) is 22.3 Å². The molecule has 0 saturated carbocycles. The lowest BCUT2D eigenvalue weighted by Gasteiger charge is -2.08. The molecule has 2 rings (SSSR count). The Hall–Kier alpha value is -1.38. The van der Waals surface area contributed by atoms with Crippen LogP contribution in [0.25, 0.3) is 0 Å². The zero-order valence-electron chi connectivity index (χ0n) is 11.2. The molecule has 0 unspecified atom stereocenters. The van der Waals surface area contributed by atoms with E-state index in [1.165, 1.54) is 24.0 Å². The third-order valence-corrected chi connectivity index (χ3v) is 3.78. The van der Waals surface area contributed by atoms with Gasteiger partial charge in [0.2, 0.25) is 11.1 Å². The first-order valence-corrected chi connectivity index (χ1v) is 7.73. The van der Waals surface area contributed by atoms with Crippen LogP contribution in [0.15, 0.2) is 17.4 Å². The Morgan fingerprint density at radius 2 is 2.24 bits per heavy atom. The van der Waals surface area contributed by atoms with Crippen molar-refractivity contribution in [2.24, 2.45) is 0 Å². The molecule has 1 amide bonds. The maximum absolute atomic E-state index is 11.9. The van der Waals surface area contributed by atoms with Crippen LogP contribution in [0.3, 0.4) is 0 Å². The number of halogens is 2. The van der Waals surface area contributed by atoms with Crippen molar-refractivity contribution in [3.63, 3.8) is 0 Å². The summed E-state index contributed by atoms with van der Waals surface area (Å²) in [5, 5.41) is 15.2. The van der Waals surface area contributed by atoms with E-state index < -0.39 is 0 Å². The SMILES string of the molecule is CC(C)n1nnnc1SCC(=O)Nc1ncc(Cl)cc1Cl. The van der Waals surface area contributed by atoms with Crippen LogP contribution in [0.4, 0.5) is 5.82 Å². The van der Waals surface area contributed by atoms with Crippen molar-refractivity contribution in [3.8, 4) is 0 Å². The number of carbonyl (C=O) groups excluding carboxylic acids is 1. The summed E-state index contributed by atoms with van der Waals surface area (Å²) in [6.07, 6.45) is 1.41. The van der Waals surface area contributed by atoms with Gasteiger partial charge in [-0.25, -0.2) is 9.67 Å². The summed E-state index contributed by atoms with van der Waals surface area (Å²) >= 11 is 12.9. The van der Waals surface area contributed by atoms with E-state index in [1.54, 1.807) is 4.68 Å². The molecule has 2 aromatic rings. The molecule has 0 fully saturated rings. The van der Waals surface area contributed by atoms with Gasteiger partial charge < -0.3 is 5.32 Å². The smallest absolute Gasteiger partial charge is 0.236 e. The molecular weight excluding hydrogens is 335 g/mol. The number of thioether (sulfide) groups is 1. The molecular formula is C11H12Cl2N6OS. The average molecular weight is 347 g/mol. The maximum atomic E-state index is 11.9. The van der Waals surface area contributed by atoms with Gasteiger partial charge in [-0.3, -0.25) is 4.79 Å². The van der Waals surface area contributed by atoms with E-state index in [1.807, 2.05) is 13.8 Å². The second kappa shape index (κ2) is 7.06. The number of rotatable bonds is 5. The fourth-order valence-electron chi connectivity index (χ4n) is 1.41. The molecule has 0 spiro atoms. The number of amides is 1. The highest BCUT2D eigenvalue weighted by Gasteiger charge is 2.13. The molecule has 0 bridgehead atoms. The fourth-order valence-corrected chi connectivity index (χ4v) is 2.64.